The molecule has 3 aliphatic rings. The number of rotatable bonds is 8. The lowest BCUT2D eigenvalue weighted by atomic mass is 10.00. The minimum atomic E-state index is -0.875. The van der Waals surface area contributed by atoms with Crippen LogP contribution in [0.15, 0.2) is 114 Å². The van der Waals surface area contributed by atoms with Crippen LogP contribution in [0.5, 0.6) is 0 Å². The fourth-order valence-electron chi connectivity index (χ4n) is 5.89. The van der Waals surface area contributed by atoms with Crippen LogP contribution in [-0.2, 0) is 30.4 Å². The normalized spacial score (nSPS) is 20.3. The topological polar surface area (TPSA) is 105 Å². The van der Waals surface area contributed by atoms with Crippen LogP contribution in [0.3, 0.4) is 0 Å². The number of allylic oxidation sites excluding steroid dienone is 1. The van der Waals surface area contributed by atoms with Gasteiger partial charge in [-0.1, -0.05) is 91.0 Å². The Morgan fingerprint density at radius 1 is 0.936 bits per heavy atom. The van der Waals surface area contributed by atoms with Crippen molar-refractivity contribution in [1.82, 2.24) is 15.1 Å². The molecule has 6 rings (SSSR count). The number of fused-ring (bicyclic) bond motifs is 1. The van der Waals surface area contributed by atoms with Crippen molar-refractivity contribution in [2.24, 2.45) is 0 Å². The van der Waals surface area contributed by atoms with E-state index in [1.807, 2.05) is 91.0 Å². The standard InChI is InChI=1S/C37H37N3O6S/c1-37(2,3)46-36(44)38-29-33(42)40-30(35(43)45-31(25-15-9-5-10-16-25)26-17-11-6-12-18-26)28(23-47-34(29)40)21-27-19-20-39(32(27)41)22-24-13-7-4-8-14-24/h4-18,21,29,31,34H,19-20,22-23H2,1-3H3,(H,38,44)/t29-,34-/m1/s1. The summed E-state index contributed by atoms with van der Waals surface area (Å²) in [5.74, 6) is -0.903. The highest BCUT2D eigenvalue weighted by atomic mass is 32.2. The molecule has 0 aliphatic carbocycles. The smallest absolute Gasteiger partial charge is 0.408 e. The first-order chi connectivity index (χ1) is 22.6. The molecule has 3 aromatic carbocycles. The number of carbonyl (C=O) groups excluding carboxylic acids is 4. The molecule has 3 aromatic rings. The predicted octanol–water partition coefficient (Wildman–Crippen LogP) is 5.74. The minimum Gasteiger partial charge on any atom is -0.448 e. The van der Waals surface area contributed by atoms with Crippen LogP contribution >= 0.6 is 11.8 Å². The zero-order chi connectivity index (χ0) is 33.1. The summed E-state index contributed by atoms with van der Waals surface area (Å²) in [6.07, 6.45) is 0.815. The van der Waals surface area contributed by atoms with Crippen molar-refractivity contribution in [3.63, 3.8) is 0 Å². The van der Waals surface area contributed by atoms with Crippen molar-refractivity contribution >= 4 is 35.6 Å². The first-order valence-corrected chi connectivity index (χ1v) is 16.7. The van der Waals surface area contributed by atoms with Gasteiger partial charge in [0.15, 0.2) is 6.10 Å². The molecular formula is C37H37N3O6S. The molecular weight excluding hydrogens is 614 g/mol. The summed E-state index contributed by atoms with van der Waals surface area (Å²) < 4.78 is 11.6. The molecule has 0 aromatic heterocycles. The van der Waals surface area contributed by atoms with Gasteiger partial charge >= 0.3 is 12.1 Å². The van der Waals surface area contributed by atoms with E-state index in [4.69, 9.17) is 9.47 Å². The Morgan fingerprint density at radius 3 is 2.13 bits per heavy atom. The van der Waals surface area contributed by atoms with Crippen LogP contribution in [0.25, 0.3) is 0 Å². The molecule has 10 heteroatoms. The molecule has 2 atom stereocenters. The van der Waals surface area contributed by atoms with Gasteiger partial charge in [0.25, 0.3) is 5.91 Å². The van der Waals surface area contributed by atoms with Crippen molar-refractivity contribution in [1.29, 1.82) is 0 Å². The summed E-state index contributed by atoms with van der Waals surface area (Å²) in [5, 5.41) is 2.13. The second kappa shape index (κ2) is 13.5. The van der Waals surface area contributed by atoms with Crippen molar-refractivity contribution in [3.05, 3.63) is 131 Å². The Labute approximate surface area is 278 Å². The van der Waals surface area contributed by atoms with Crippen LogP contribution in [-0.4, -0.2) is 63.0 Å². The number of ether oxygens (including phenoxy) is 2. The van der Waals surface area contributed by atoms with Crippen LogP contribution in [0.1, 0.15) is 50.0 Å². The van der Waals surface area contributed by atoms with Gasteiger partial charge in [0.1, 0.15) is 22.7 Å². The number of carbonyl (C=O) groups is 4. The van der Waals surface area contributed by atoms with Crippen molar-refractivity contribution in [3.8, 4) is 0 Å². The Kier molecular flexibility index (Phi) is 9.22. The van der Waals surface area contributed by atoms with Crippen molar-refractivity contribution in [2.45, 2.75) is 56.9 Å². The molecule has 3 amide bonds. The average molecular weight is 652 g/mol. The Morgan fingerprint density at radius 2 is 1.53 bits per heavy atom. The monoisotopic (exact) mass is 651 g/mol. The first kappa shape index (κ1) is 32.1. The first-order valence-electron chi connectivity index (χ1n) is 15.6. The number of amides is 3. The van der Waals surface area contributed by atoms with Gasteiger partial charge in [-0.15, -0.1) is 11.8 Å². The lowest BCUT2D eigenvalue weighted by Crippen LogP contribution is -2.70. The molecule has 3 aliphatic heterocycles. The highest BCUT2D eigenvalue weighted by Crippen LogP contribution is 2.42. The molecule has 0 radical (unpaired) electrons. The zero-order valence-corrected chi connectivity index (χ0v) is 27.4. The van der Waals surface area contributed by atoms with E-state index in [2.05, 4.69) is 5.32 Å². The molecule has 0 bridgehead atoms. The second-order valence-electron chi connectivity index (χ2n) is 12.6. The maximum Gasteiger partial charge on any atom is 0.408 e. The highest BCUT2D eigenvalue weighted by Gasteiger charge is 2.55. The SMILES string of the molecule is CC(C)(C)OC(=O)N[C@@H]1C(=O)N2C(C(=O)OC(c3ccccc3)c3ccccc3)=C(C=C3CCN(Cc4ccccc4)C3=O)CS[C@H]12. The number of hydrogen-bond acceptors (Lipinski definition) is 7. The van der Waals surface area contributed by atoms with E-state index in [1.54, 1.807) is 31.7 Å². The maximum absolute atomic E-state index is 14.3. The Bertz CT molecular complexity index is 1680. The number of likely N-dealkylation sites (tertiary alicyclic amines) is 1. The summed E-state index contributed by atoms with van der Waals surface area (Å²) in [4.78, 5) is 57.1. The van der Waals surface area contributed by atoms with Gasteiger partial charge in [-0.3, -0.25) is 14.5 Å². The molecule has 0 spiro atoms. The molecule has 9 nitrogen and oxygen atoms in total. The summed E-state index contributed by atoms with van der Waals surface area (Å²) >= 11 is 1.41. The number of β-lactam (4-membered cyclic amide) rings is 1. The number of nitrogens with one attached hydrogen (secondary N) is 1. The number of benzene rings is 3. The number of hydrogen-bond donors (Lipinski definition) is 1. The third-order valence-corrected chi connectivity index (χ3v) is 9.37. The zero-order valence-electron chi connectivity index (χ0n) is 26.6. The van der Waals surface area contributed by atoms with Gasteiger partial charge in [0.05, 0.1) is 0 Å². The van der Waals surface area contributed by atoms with Crippen LogP contribution in [0.2, 0.25) is 0 Å². The van der Waals surface area contributed by atoms with Gasteiger partial charge in [-0.05, 0) is 55.5 Å². The summed E-state index contributed by atoms with van der Waals surface area (Å²) in [6, 6.07) is 27.7. The quantitative estimate of drug-likeness (QED) is 0.188. The third kappa shape index (κ3) is 7.12. The van der Waals surface area contributed by atoms with Gasteiger partial charge in [-0.25, -0.2) is 9.59 Å². The van der Waals surface area contributed by atoms with Crippen LogP contribution in [0, 0.1) is 0 Å². The average Bonchev–Trinajstić information content (AvgIpc) is 3.40. The molecule has 2 fully saturated rings. The number of alkyl carbamates (subject to hydrolysis) is 1. The lowest BCUT2D eigenvalue weighted by Gasteiger charge is -2.49. The number of nitrogens with zero attached hydrogens (tertiary/aromatic N) is 2. The molecule has 3 heterocycles. The van der Waals surface area contributed by atoms with E-state index in [1.165, 1.54) is 16.7 Å². The highest BCUT2D eigenvalue weighted by molar-refractivity contribution is 8.00. The fraction of sp³-hybridized carbons (Fsp3) is 0.297. The van der Waals surface area contributed by atoms with E-state index in [9.17, 15) is 19.2 Å². The van der Waals surface area contributed by atoms with Crippen LogP contribution < -0.4 is 5.32 Å². The van der Waals surface area contributed by atoms with E-state index >= 15 is 0 Å². The minimum absolute atomic E-state index is 0.0830. The molecule has 1 N–H and O–H groups in total. The molecule has 2 saturated heterocycles. The van der Waals surface area contributed by atoms with Crippen LogP contribution in [0.4, 0.5) is 4.79 Å². The van der Waals surface area contributed by atoms with E-state index < -0.39 is 41.1 Å². The maximum atomic E-state index is 14.3. The lowest BCUT2D eigenvalue weighted by molar-refractivity contribution is -0.153. The van der Waals surface area contributed by atoms with Crippen molar-refractivity contribution < 1.29 is 28.7 Å². The summed E-state index contributed by atoms with van der Waals surface area (Å²) in [6.45, 7) is 6.27. The van der Waals surface area contributed by atoms with Gasteiger partial charge in [-0.2, -0.15) is 0 Å². The molecule has 0 unspecified atom stereocenters. The largest absolute Gasteiger partial charge is 0.448 e. The summed E-state index contributed by atoms with van der Waals surface area (Å²) in [7, 11) is 0. The van der Waals surface area contributed by atoms with E-state index in [0.717, 1.165) is 16.7 Å². The summed E-state index contributed by atoms with van der Waals surface area (Å²) in [5.41, 5.74) is 3.03. The Hall–Kier alpha value is -4.83. The third-order valence-electron chi connectivity index (χ3n) is 8.07. The Balaban J connectivity index is 1.32. The predicted molar refractivity (Wildman–Crippen MR) is 179 cm³/mol. The van der Waals surface area contributed by atoms with Crippen molar-refractivity contribution in [2.75, 3.05) is 12.3 Å². The van der Waals surface area contributed by atoms with Gasteiger partial charge < -0.3 is 19.7 Å². The molecule has 0 saturated carbocycles. The number of thioether (sulfide) groups is 1. The fourth-order valence-corrected chi connectivity index (χ4v) is 7.20. The van der Waals surface area contributed by atoms with Gasteiger partial charge in [0, 0.05) is 24.4 Å². The molecule has 242 valence electrons. The van der Waals surface area contributed by atoms with E-state index in [-0.39, 0.29) is 11.6 Å². The van der Waals surface area contributed by atoms with E-state index in [0.29, 0.717) is 36.4 Å². The molecule has 47 heavy (non-hydrogen) atoms. The second-order valence-corrected chi connectivity index (χ2v) is 13.8. The number of esters is 1. The van der Waals surface area contributed by atoms with Gasteiger partial charge in [0.2, 0.25) is 5.91 Å².